The van der Waals surface area contributed by atoms with Crippen molar-refractivity contribution in [2.24, 2.45) is 5.73 Å². The summed E-state index contributed by atoms with van der Waals surface area (Å²) in [7, 11) is 0. The van der Waals surface area contributed by atoms with Crippen LogP contribution in [0.3, 0.4) is 0 Å². The van der Waals surface area contributed by atoms with Crippen LogP contribution in [0.2, 0.25) is 0 Å². The Morgan fingerprint density at radius 3 is 2.55 bits per heavy atom. The van der Waals surface area contributed by atoms with Crippen LogP contribution in [0.4, 0.5) is 5.69 Å². The number of amidine groups is 1. The van der Waals surface area contributed by atoms with Gasteiger partial charge in [-0.1, -0.05) is 6.07 Å². The van der Waals surface area contributed by atoms with Crippen molar-refractivity contribution in [3.05, 3.63) is 62.6 Å². The molecular weight excluding hydrogens is 326 g/mol. The zero-order valence-corrected chi connectivity index (χ0v) is 11.8. The molecule has 0 aliphatic rings. The molecule has 0 fully saturated rings. The average Bonchev–Trinajstić information content (AvgIpc) is 2.38. The molecule has 0 unspecified atom stereocenters. The van der Waals surface area contributed by atoms with Gasteiger partial charge >= 0.3 is 0 Å². The summed E-state index contributed by atoms with van der Waals surface area (Å²) in [5.74, 6) is 0.794. The number of nitrogens with two attached hydrogens (primary N) is 1. The molecule has 7 heteroatoms. The Labute approximate surface area is 123 Å². The SMILES string of the molecule is N=C(N)c1ccc(Oc2cccc([N+](=O)[O-])c2)cc1Br. The van der Waals surface area contributed by atoms with E-state index in [4.69, 9.17) is 15.9 Å². The molecule has 0 spiro atoms. The van der Waals surface area contributed by atoms with Gasteiger partial charge in [0.1, 0.15) is 17.3 Å². The Kier molecular flexibility index (Phi) is 3.99. The normalized spacial score (nSPS) is 10.1. The number of benzene rings is 2. The van der Waals surface area contributed by atoms with Crippen LogP contribution < -0.4 is 10.5 Å². The fourth-order valence-electron chi connectivity index (χ4n) is 1.57. The van der Waals surface area contributed by atoms with Gasteiger partial charge in [-0.2, -0.15) is 0 Å². The number of non-ortho nitro benzene ring substituents is 1. The minimum atomic E-state index is -0.484. The summed E-state index contributed by atoms with van der Waals surface area (Å²) in [6.07, 6.45) is 0. The van der Waals surface area contributed by atoms with Crippen molar-refractivity contribution in [1.29, 1.82) is 5.41 Å². The molecule has 0 atom stereocenters. The molecule has 0 aromatic heterocycles. The lowest BCUT2D eigenvalue weighted by molar-refractivity contribution is -0.384. The molecule has 0 bridgehead atoms. The molecule has 6 nitrogen and oxygen atoms in total. The summed E-state index contributed by atoms with van der Waals surface area (Å²) in [5.41, 5.74) is 5.92. The minimum absolute atomic E-state index is 0.0399. The zero-order chi connectivity index (χ0) is 14.7. The molecule has 0 aliphatic heterocycles. The third-order valence-corrected chi connectivity index (χ3v) is 3.15. The van der Waals surface area contributed by atoms with Crippen LogP contribution in [0.1, 0.15) is 5.56 Å². The maximum Gasteiger partial charge on any atom is 0.273 e. The van der Waals surface area contributed by atoms with Crippen molar-refractivity contribution in [2.75, 3.05) is 0 Å². The Balaban J connectivity index is 2.26. The molecule has 0 saturated heterocycles. The monoisotopic (exact) mass is 335 g/mol. The van der Waals surface area contributed by atoms with E-state index in [0.29, 0.717) is 21.5 Å². The maximum absolute atomic E-state index is 10.7. The lowest BCUT2D eigenvalue weighted by atomic mass is 10.2. The number of rotatable bonds is 4. The first-order chi connectivity index (χ1) is 9.47. The Morgan fingerprint density at radius 1 is 1.25 bits per heavy atom. The largest absolute Gasteiger partial charge is 0.457 e. The topological polar surface area (TPSA) is 102 Å². The molecule has 2 rings (SSSR count). The highest BCUT2D eigenvalue weighted by Crippen LogP contribution is 2.28. The quantitative estimate of drug-likeness (QED) is 0.386. The van der Waals surface area contributed by atoms with Gasteiger partial charge < -0.3 is 10.5 Å². The predicted octanol–water partition coefficient (Wildman–Crippen LogP) is 3.43. The number of nitrogens with one attached hydrogen (secondary N) is 1. The highest BCUT2D eigenvalue weighted by Gasteiger charge is 2.09. The van der Waals surface area contributed by atoms with Crippen molar-refractivity contribution < 1.29 is 9.66 Å². The van der Waals surface area contributed by atoms with Gasteiger partial charge in [0.2, 0.25) is 0 Å². The molecular formula is C13H10BrN3O3. The van der Waals surface area contributed by atoms with Gasteiger partial charge in [0.05, 0.1) is 11.0 Å². The summed E-state index contributed by atoms with van der Waals surface area (Å²) in [5, 5.41) is 18.1. The third-order valence-electron chi connectivity index (χ3n) is 2.49. The van der Waals surface area contributed by atoms with E-state index < -0.39 is 4.92 Å². The van der Waals surface area contributed by atoms with Crippen LogP contribution in [0.25, 0.3) is 0 Å². The van der Waals surface area contributed by atoms with E-state index in [-0.39, 0.29) is 11.5 Å². The lowest BCUT2D eigenvalue weighted by Crippen LogP contribution is -2.11. The van der Waals surface area contributed by atoms with Crippen LogP contribution in [0.15, 0.2) is 46.9 Å². The molecule has 0 radical (unpaired) electrons. The van der Waals surface area contributed by atoms with Crippen molar-refractivity contribution >= 4 is 27.5 Å². The summed E-state index contributed by atoms with van der Waals surface area (Å²) in [6.45, 7) is 0. The van der Waals surface area contributed by atoms with E-state index in [1.807, 2.05) is 0 Å². The minimum Gasteiger partial charge on any atom is -0.457 e. The number of halogens is 1. The van der Waals surface area contributed by atoms with Crippen LogP contribution in [-0.4, -0.2) is 10.8 Å². The van der Waals surface area contributed by atoms with Gasteiger partial charge in [0, 0.05) is 16.1 Å². The molecule has 0 aliphatic carbocycles. The molecule has 20 heavy (non-hydrogen) atoms. The van der Waals surface area contributed by atoms with E-state index in [9.17, 15) is 10.1 Å². The highest BCUT2D eigenvalue weighted by atomic mass is 79.9. The Hall–Kier alpha value is -2.41. The number of nitro groups is 1. The number of nitrogens with zero attached hydrogens (tertiary/aromatic N) is 1. The molecule has 3 N–H and O–H groups in total. The molecule has 0 heterocycles. The molecule has 2 aromatic rings. The summed E-state index contributed by atoms with van der Waals surface area (Å²) >= 11 is 3.29. The number of nitro benzene ring substituents is 1. The zero-order valence-electron chi connectivity index (χ0n) is 10.2. The summed E-state index contributed by atoms with van der Waals surface area (Å²) in [4.78, 5) is 10.2. The smallest absolute Gasteiger partial charge is 0.273 e. The van der Waals surface area contributed by atoms with E-state index in [0.717, 1.165) is 0 Å². The summed E-state index contributed by atoms with van der Waals surface area (Å²) < 4.78 is 6.16. The van der Waals surface area contributed by atoms with Crippen LogP contribution in [-0.2, 0) is 0 Å². The maximum atomic E-state index is 10.7. The third kappa shape index (κ3) is 3.12. The fraction of sp³-hybridized carbons (Fsp3) is 0. The van der Waals surface area contributed by atoms with Gasteiger partial charge in [0.25, 0.3) is 5.69 Å². The Morgan fingerprint density at radius 2 is 1.95 bits per heavy atom. The number of nitrogen functional groups attached to an aromatic ring is 1. The van der Waals surface area contributed by atoms with Crippen LogP contribution in [0.5, 0.6) is 11.5 Å². The lowest BCUT2D eigenvalue weighted by Gasteiger charge is -2.08. The van der Waals surface area contributed by atoms with Gasteiger partial charge in [-0.3, -0.25) is 15.5 Å². The Bertz CT molecular complexity index is 688. The van der Waals surface area contributed by atoms with Gasteiger partial charge in [-0.25, -0.2) is 0 Å². The first-order valence-electron chi connectivity index (χ1n) is 5.53. The number of hydrogen-bond donors (Lipinski definition) is 2. The number of ether oxygens (including phenoxy) is 1. The van der Waals surface area contributed by atoms with E-state index >= 15 is 0 Å². The van der Waals surface area contributed by atoms with Gasteiger partial charge in [-0.15, -0.1) is 0 Å². The van der Waals surface area contributed by atoms with Crippen molar-refractivity contribution in [3.8, 4) is 11.5 Å². The van der Waals surface area contributed by atoms with Crippen LogP contribution in [0, 0.1) is 15.5 Å². The first kappa shape index (κ1) is 14.0. The van der Waals surface area contributed by atoms with Crippen LogP contribution >= 0.6 is 15.9 Å². The van der Waals surface area contributed by atoms with E-state index in [2.05, 4.69) is 15.9 Å². The molecule has 0 amide bonds. The second-order valence-corrected chi connectivity index (χ2v) is 4.77. The fourth-order valence-corrected chi connectivity index (χ4v) is 2.15. The van der Waals surface area contributed by atoms with E-state index in [1.165, 1.54) is 12.1 Å². The van der Waals surface area contributed by atoms with Gasteiger partial charge in [-0.05, 0) is 40.2 Å². The van der Waals surface area contributed by atoms with Gasteiger partial charge in [0.15, 0.2) is 0 Å². The average molecular weight is 336 g/mol. The standard InChI is InChI=1S/C13H10BrN3O3/c14-12-7-10(4-5-11(12)13(15)16)20-9-3-1-2-8(6-9)17(18)19/h1-7H,(H3,15,16). The molecule has 0 saturated carbocycles. The van der Waals surface area contributed by atoms with Crippen molar-refractivity contribution in [1.82, 2.24) is 0 Å². The molecule has 102 valence electrons. The van der Waals surface area contributed by atoms with E-state index in [1.54, 1.807) is 30.3 Å². The predicted molar refractivity (Wildman–Crippen MR) is 78.3 cm³/mol. The number of hydrogen-bond acceptors (Lipinski definition) is 4. The second kappa shape index (κ2) is 5.70. The summed E-state index contributed by atoms with van der Waals surface area (Å²) in [6, 6.07) is 10.8. The second-order valence-electron chi connectivity index (χ2n) is 3.91. The van der Waals surface area contributed by atoms with Crippen molar-refractivity contribution in [3.63, 3.8) is 0 Å². The molecule has 2 aromatic carbocycles. The highest BCUT2D eigenvalue weighted by molar-refractivity contribution is 9.10. The first-order valence-corrected chi connectivity index (χ1v) is 6.33. The van der Waals surface area contributed by atoms with Crippen molar-refractivity contribution in [2.45, 2.75) is 0 Å².